The summed E-state index contributed by atoms with van der Waals surface area (Å²) in [5.74, 6) is -0.403. The second-order valence-electron chi connectivity index (χ2n) is 5.67. The van der Waals surface area contributed by atoms with Crippen LogP contribution in [0.3, 0.4) is 0 Å². The van der Waals surface area contributed by atoms with Crippen LogP contribution in [-0.2, 0) is 16.0 Å². The van der Waals surface area contributed by atoms with Gasteiger partial charge in [0.15, 0.2) is 6.61 Å². The van der Waals surface area contributed by atoms with Crippen molar-refractivity contribution in [2.45, 2.75) is 26.7 Å². The topological polar surface area (TPSA) is 75.6 Å². The van der Waals surface area contributed by atoms with Gasteiger partial charge in [0.05, 0.1) is 0 Å². The number of aliphatic carboxylic acids is 1. The van der Waals surface area contributed by atoms with E-state index in [0.29, 0.717) is 17.9 Å². The highest BCUT2D eigenvalue weighted by Crippen LogP contribution is 2.16. The van der Waals surface area contributed by atoms with Gasteiger partial charge >= 0.3 is 5.97 Å². The molecule has 0 saturated carbocycles. The Hall–Kier alpha value is -2.82. The average molecular weight is 327 g/mol. The molecule has 1 amide bonds. The van der Waals surface area contributed by atoms with Crippen molar-refractivity contribution < 1.29 is 19.4 Å². The van der Waals surface area contributed by atoms with Crippen LogP contribution in [0.25, 0.3) is 0 Å². The van der Waals surface area contributed by atoms with Crippen molar-refractivity contribution in [3.8, 4) is 5.75 Å². The second kappa shape index (κ2) is 8.15. The number of carbonyl (C=O) groups excluding carboxylic acids is 1. The molecule has 2 N–H and O–H groups in total. The Labute approximate surface area is 141 Å². The molecule has 0 unspecified atom stereocenters. The van der Waals surface area contributed by atoms with Gasteiger partial charge in [0.1, 0.15) is 5.75 Å². The first kappa shape index (κ1) is 17.5. The van der Waals surface area contributed by atoms with Crippen LogP contribution in [0.1, 0.15) is 23.1 Å². The lowest BCUT2D eigenvalue weighted by molar-refractivity contribution is -0.137. The number of carboxylic acid groups (broad SMARTS) is 1. The third-order valence-electron chi connectivity index (χ3n) is 3.71. The SMILES string of the molecule is Cc1ccc(OCC(=O)Nc2ccc(CCC(=O)O)cc2)cc1C. The fourth-order valence-corrected chi connectivity index (χ4v) is 2.16. The van der Waals surface area contributed by atoms with E-state index in [0.717, 1.165) is 11.1 Å². The number of hydrogen-bond donors (Lipinski definition) is 2. The number of rotatable bonds is 7. The number of carboxylic acids is 1. The van der Waals surface area contributed by atoms with Crippen LogP contribution >= 0.6 is 0 Å². The molecule has 2 aromatic rings. The Morgan fingerprint density at radius 2 is 1.75 bits per heavy atom. The third kappa shape index (κ3) is 5.43. The molecular weight excluding hydrogens is 306 g/mol. The maximum absolute atomic E-state index is 11.9. The summed E-state index contributed by atoms with van der Waals surface area (Å²) in [5, 5.41) is 11.4. The molecule has 5 heteroatoms. The summed E-state index contributed by atoms with van der Waals surface area (Å²) in [7, 11) is 0. The molecule has 0 aromatic heterocycles. The standard InChI is InChI=1S/C19H21NO4/c1-13-3-9-17(11-14(13)2)24-12-18(21)20-16-7-4-15(5-8-16)6-10-19(22)23/h3-5,7-9,11H,6,10,12H2,1-2H3,(H,20,21)(H,22,23). The summed E-state index contributed by atoms with van der Waals surface area (Å²) < 4.78 is 5.49. The van der Waals surface area contributed by atoms with Crippen molar-refractivity contribution in [2.24, 2.45) is 0 Å². The molecule has 24 heavy (non-hydrogen) atoms. The maximum Gasteiger partial charge on any atom is 0.303 e. The molecule has 0 spiro atoms. The number of ether oxygens (including phenoxy) is 1. The Morgan fingerprint density at radius 3 is 2.38 bits per heavy atom. The quantitative estimate of drug-likeness (QED) is 0.818. The predicted octanol–water partition coefficient (Wildman–Crippen LogP) is 3.34. The summed E-state index contributed by atoms with van der Waals surface area (Å²) in [6.07, 6.45) is 0.564. The van der Waals surface area contributed by atoms with Crippen molar-refractivity contribution in [1.29, 1.82) is 0 Å². The largest absolute Gasteiger partial charge is 0.484 e. The monoisotopic (exact) mass is 327 g/mol. The average Bonchev–Trinajstić information content (AvgIpc) is 2.55. The fraction of sp³-hybridized carbons (Fsp3) is 0.263. The van der Waals surface area contributed by atoms with Gasteiger partial charge in [-0.3, -0.25) is 9.59 Å². The van der Waals surface area contributed by atoms with Crippen LogP contribution in [0.2, 0.25) is 0 Å². The van der Waals surface area contributed by atoms with Gasteiger partial charge in [-0.2, -0.15) is 0 Å². The smallest absolute Gasteiger partial charge is 0.303 e. The van der Waals surface area contributed by atoms with E-state index in [4.69, 9.17) is 9.84 Å². The zero-order valence-corrected chi connectivity index (χ0v) is 13.8. The molecule has 0 bridgehead atoms. The van der Waals surface area contributed by atoms with Crippen molar-refractivity contribution in [1.82, 2.24) is 0 Å². The van der Waals surface area contributed by atoms with Crippen molar-refractivity contribution in [3.63, 3.8) is 0 Å². The van der Waals surface area contributed by atoms with Crippen LogP contribution in [0, 0.1) is 13.8 Å². The van der Waals surface area contributed by atoms with Crippen LogP contribution in [0.5, 0.6) is 5.75 Å². The number of hydrogen-bond acceptors (Lipinski definition) is 3. The number of aryl methyl sites for hydroxylation is 3. The fourth-order valence-electron chi connectivity index (χ4n) is 2.16. The summed E-state index contributed by atoms with van der Waals surface area (Å²) in [6.45, 7) is 3.95. The molecule has 126 valence electrons. The predicted molar refractivity (Wildman–Crippen MR) is 92.4 cm³/mol. The van der Waals surface area contributed by atoms with E-state index < -0.39 is 5.97 Å². The first-order valence-corrected chi connectivity index (χ1v) is 7.74. The van der Waals surface area contributed by atoms with E-state index in [9.17, 15) is 9.59 Å². The molecule has 0 fully saturated rings. The van der Waals surface area contributed by atoms with Crippen LogP contribution in [0.4, 0.5) is 5.69 Å². The highest BCUT2D eigenvalue weighted by molar-refractivity contribution is 5.91. The van der Waals surface area contributed by atoms with Gasteiger partial charge in [0.25, 0.3) is 5.91 Å². The first-order chi connectivity index (χ1) is 11.4. The minimum absolute atomic E-state index is 0.0662. The van der Waals surface area contributed by atoms with Crippen molar-refractivity contribution >= 4 is 17.6 Å². The molecule has 0 aliphatic heterocycles. The van der Waals surface area contributed by atoms with Gasteiger partial charge in [-0.15, -0.1) is 0 Å². The maximum atomic E-state index is 11.9. The van der Waals surface area contributed by atoms with Crippen molar-refractivity contribution in [2.75, 3.05) is 11.9 Å². The van der Waals surface area contributed by atoms with Gasteiger partial charge in [-0.25, -0.2) is 0 Å². The lowest BCUT2D eigenvalue weighted by Crippen LogP contribution is -2.20. The van der Waals surface area contributed by atoms with E-state index in [-0.39, 0.29) is 18.9 Å². The molecular formula is C19H21NO4. The minimum Gasteiger partial charge on any atom is -0.484 e. The van der Waals surface area contributed by atoms with E-state index in [1.54, 1.807) is 12.1 Å². The summed E-state index contributed by atoms with van der Waals surface area (Å²) in [4.78, 5) is 22.5. The van der Waals surface area contributed by atoms with Gasteiger partial charge in [0, 0.05) is 12.1 Å². The van der Waals surface area contributed by atoms with E-state index in [1.165, 1.54) is 5.56 Å². The first-order valence-electron chi connectivity index (χ1n) is 7.74. The van der Waals surface area contributed by atoms with E-state index in [2.05, 4.69) is 5.32 Å². The summed E-state index contributed by atoms with van der Waals surface area (Å²) in [5.41, 5.74) is 3.86. The lowest BCUT2D eigenvalue weighted by atomic mass is 10.1. The highest BCUT2D eigenvalue weighted by Gasteiger charge is 2.05. The summed E-state index contributed by atoms with van der Waals surface area (Å²) >= 11 is 0. The zero-order chi connectivity index (χ0) is 17.5. The molecule has 0 atom stereocenters. The summed E-state index contributed by atoms with van der Waals surface area (Å²) in [6, 6.07) is 12.8. The molecule has 0 aliphatic rings. The van der Waals surface area contributed by atoms with Gasteiger partial charge < -0.3 is 15.2 Å². The van der Waals surface area contributed by atoms with Crippen LogP contribution in [-0.4, -0.2) is 23.6 Å². The Kier molecular flexibility index (Phi) is 5.95. The molecule has 0 radical (unpaired) electrons. The zero-order valence-electron chi connectivity index (χ0n) is 13.8. The van der Waals surface area contributed by atoms with Crippen LogP contribution < -0.4 is 10.1 Å². The normalized spacial score (nSPS) is 10.2. The van der Waals surface area contributed by atoms with Crippen LogP contribution in [0.15, 0.2) is 42.5 Å². The molecule has 0 saturated heterocycles. The molecule has 5 nitrogen and oxygen atoms in total. The van der Waals surface area contributed by atoms with E-state index in [1.807, 2.05) is 44.2 Å². The molecule has 2 rings (SSSR count). The van der Waals surface area contributed by atoms with Gasteiger partial charge in [-0.1, -0.05) is 18.2 Å². The number of benzene rings is 2. The number of carbonyl (C=O) groups is 2. The lowest BCUT2D eigenvalue weighted by Gasteiger charge is -2.09. The second-order valence-corrected chi connectivity index (χ2v) is 5.67. The van der Waals surface area contributed by atoms with Crippen molar-refractivity contribution in [3.05, 3.63) is 59.2 Å². The van der Waals surface area contributed by atoms with Gasteiger partial charge in [-0.05, 0) is 61.2 Å². The Bertz CT molecular complexity index is 723. The molecule has 0 heterocycles. The Balaban J connectivity index is 1.83. The highest BCUT2D eigenvalue weighted by atomic mass is 16.5. The van der Waals surface area contributed by atoms with Gasteiger partial charge in [0.2, 0.25) is 0 Å². The molecule has 0 aliphatic carbocycles. The number of nitrogens with one attached hydrogen (secondary N) is 1. The van der Waals surface area contributed by atoms with E-state index >= 15 is 0 Å². The number of amides is 1. The number of anilines is 1. The molecule has 2 aromatic carbocycles. The Morgan fingerprint density at radius 1 is 1.04 bits per heavy atom. The third-order valence-corrected chi connectivity index (χ3v) is 3.71. The minimum atomic E-state index is -0.823.